The minimum Gasteiger partial charge on any atom is -0.311 e. The number of fused-ring (bicyclic) bond motifs is 4. The molecule has 0 bridgehead atoms. The van der Waals surface area contributed by atoms with Crippen LogP contribution in [0.15, 0.2) is 449 Å². The van der Waals surface area contributed by atoms with E-state index < -0.39 is 0 Å². The Morgan fingerprint density at radius 2 is 0.222 bits per heavy atom. The van der Waals surface area contributed by atoms with Gasteiger partial charge in [-0.05, 0) is 240 Å². The van der Waals surface area contributed by atoms with E-state index in [0.29, 0.717) is 0 Å². The van der Waals surface area contributed by atoms with Crippen molar-refractivity contribution in [3.05, 3.63) is 449 Å². The SMILES string of the molecule is c1ccc(-c2ccc(N(c3ccc(-c4ccc(-c5ccc6ccccc6c5)cc4)cc3)c3ccc(-c4ccc(-c5ccc6ccccc6c5)cc4)cc3)cc2)cc1.c1ccc(-c2ccc(N(c3ccc(-c4ccc(-c5ccc6ccccc6c5)cc4)cc3)c3ccc(-c4ccc5ccccc5c4)cc3)cc2)cc1. The minimum absolute atomic E-state index is 1.10. The van der Waals surface area contributed by atoms with Crippen LogP contribution < -0.4 is 9.80 Å². The predicted octanol–water partition coefficient (Wildman–Crippen LogP) is 29.9. The molecule has 0 aliphatic rings. The fourth-order valence-electron chi connectivity index (χ4n) is 15.0. The number of anilines is 6. The van der Waals surface area contributed by atoms with Crippen LogP contribution in [0.2, 0.25) is 0 Å². The molecule has 0 unspecified atom stereocenters. The van der Waals surface area contributed by atoms with Crippen molar-refractivity contribution in [2.24, 2.45) is 0 Å². The van der Waals surface area contributed by atoms with E-state index in [1.165, 1.54) is 143 Å². The molecule has 0 spiro atoms. The van der Waals surface area contributed by atoms with Gasteiger partial charge in [0.2, 0.25) is 0 Å². The van der Waals surface area contributed by atoms with Gasteiger partial charge in [-0.2, -0.15) is 0 Å². The number of hydrogen-bond donors (Lipinski definition) is 0. The number of benzene rings is 19. The number of rotatable bonds is 15. The maximum absolute atomic E-state index is 2.34. The summed E-state index contributed by atoms with van der Waals surface area (Å²) in [5.74, 6) is 0. The Labute approximate surface area is 631 Å². The standard InChI is InChI=1S/C56H39N.C50H35N/c1-2-8-40(9-3-1)45-26-32-54(33-27-45)57(55-34-28-46(29-35-55)43-14-18-48(19-15-43)52-24-22-41-10-4-6-12-50(41)38-52)56-36-30-47(31-37-56)44-16-20-49(21-17-44)53-25-23-42-11-5-7-13-51(42)39-53;1-2-8-36(9-3-1)40-22-28-48(29-23-40)51(50-32-26-43(27-33-50)47-21-19-38-11-5-7-13-45(38)35-47)49-30-24-41(25-31-49)39-14-16-42(17-15-39)46-20-18-37-10-4-6-12-44(37)34-46/h1-39H;1-35H. The summed E-state index contributed by atoms with van der Waals surface area (Å²) < 4.78 is 0. The first kappa shape index (κ1) is 65.8. The molecule has 508 valence electrons. The van der Waals surface area contributed by atoms with E-state index in [1.54, 1.807) is 0 Å². The zero-order valence-electron chi connectivity index (χ0n) is 59.6. The summed E-state index contributed by atoms with van der Waals surface area (Å²) in [5.41, 5.74) is 28.4. The van der Waals surface area contributed by atoms with E-state index in [0.717, 1.165) is 34.1 Å². The molecule has 0 atom stereocenters. The molecule has 0 aliphatic carbocycles. The van der Waals surface area contributed by atoms with Crippen LogP contribution in [0.3, 0.4) is 0 Å². The van der Waals surface area contributed by atoms with Crippen molar-refractivity contribution in [2.45, 2.75) is 0 Å². The Balaban J connectivity index is 0.000000153. The first-order valence-corrected chi connectivity index (χ1v) is 37.1. The molecule has 0 fully saturated rings. The third-order valence-electron chi connectivity index (χ3n) is 21.0. The Bertz CT molecular complexity index is 6150. The molecule has 2 nitrogen and oxygen atoms in total. The van der Waals surface area contributed by atoms with Crippen molar-refractivity contribution >= 4 is 77.2 Å². The zero-order valence-corrected chi connectivity index (χ0v) is 59.6. The van der Waals surface area contributed by atoms with Crippen LogP contribution in [0.4, 0.5) is 34.1 Å². The van der Waals surface area contributed by atoms with Gasteiger partial charge in [0.25, 0.3) is 0 Å². The predicted molar refractivity (Wildman–Crippen MR) is 461 cm³/mol. The Kier molecular flexibility index (Phi) is 18.2. The lowest BCUT2D eigenvalue weighted by molar-refractivity contribution is 1.28. The van der Waals surface area contributed by atoms with Gasteiger partial charge in [0.05, 0.1) is 0 Å². The van der Waals surface area contributed by atoms with E-state index >= 15 is 0 Å². The highest BCUT2D eigenvalue weighted by Crippen LogP contribution is 2.42. The summed E-state index contributed by atoms with van der Waals surface area (Å²) in [4.78, 5) is 4.68. The largest absolute Gasteiger partial charge is 0.311 e. The van der Waals surface area contributed by atoms with Crippen molar-refractivity contribution in [2.75, 3.05) is 9.80 Å². The van der Waals surface area contributed by atoms with Gasteiger partial charge in [-0.25, -0.2) is 0 Å². The second kappa shape index (κ2) is 29.9. The Morgan fingerprint density at radius 3 is 0.407 bits per heavy atom. The molecule has 0 amide bonds. The average molecular weight is 1380 g/mol. The normalized spacial score (nSPS) is 11.1. The monoisotopic (exact) mass is 1370 g/mol. The van der Waals surface area contributed by atoms with Gasteiger partial charge in [0, 0.05) is 34.1 Å². The van der Waals surface area contributed by atoms with Crippen LogP contribution >= 0.6 is 0 Å². The van der Waals surface area contributed by atoms with Gasteiger partial charge in [-0.3, -0.25) is 0 Å². The van der Waals surface area contributed by atoms with Crippen LogP contribution in [-0.4, -0.2) is 0 Å². The van der Waals surface area contributed by atoms with E-state index in [-0.39, 0.29) is 0 Å². The highest BCUT2D eigenvalue weighted by Gasteiger charge is 2.18. The van der Waals surface area contributed by atoms with E-state index in [1.807, 2.05) is 0 Å². The fourth-order valence-corrected chi connectivity index (χ4v) is 15.0. The van der Waals surface area contributed by atoms with Crippen LogP contribution in [0.5, 0.6) is 0 Å². The third-order valence-corrected chi connectivity index (χ3v) is 21.0. The lowest BCUT2D eigenvalue weighted by Crippen LogP contribution is -2.09. The number of hydrogen-bond acceptors (Lipinski definition) is 2. The number of nitrogens with zero attached hydrogens (tertiary/aromatic N) is 2. The minimum atomic E-state index is 1.10. The molecule has 0 saturated heterocycles. The second-order valence-electron chi connectivity index (χ2n) is 27.7. The van der Waals surface area contributed by atoms with E-state index in [2.05, 4.69) is 459 Å². The van der Waals surface area contributed by atoms with Crippen LogP contribution in [-0.2, 0) is 0 Å². The fraction of sp³-hybridized carbons (Fsp3) is 0. The molecule has 19 rings (SSSR count). The van der Waals surface area contributed by atoms with Crippen molar-refractivity contribution in [1.82, 2.24) is 0 Å². The second-order valence-corrected chi connectivity index (χ2v) is 27.7. The van der Waals surface area contributed by atoms with Gasteiger partial charge in [0.15, 0.2) is 0 Å². The molecule has 0 saturated carbocycles. The molecule has 19 aromatic rings. The highest BCUT2D eigenvalue weighted by atomic mass is 15.1. The zero-order chi connectivity index (χ0) is 72.0. The summed E-state index contributed by atoms with van der Waals surface area (Å²) in [6.45, 7) is 0. The topological polar surface area (TPSA) is 6.48 Å². The highest BCUT2D eigenvalue weighted by molar-refractivity contribution is 5.93. The maximum Gasteiger partial charge on any atom is 0.0462 e. The molecule has 19 aromatic carbocycles. The quantitative estimate of drug-likeness (QED) is 0.101. The van der Waals surface area contributed by atoms with Gasteiger partial charge >= 0.3 is 0 Å². The van der Waals surface area contributed by atoms with Crippen molar-refractivity contribution in [3.8, 4) is 100 Å². The van der Waals surface area contributed by atoms with Crippen molar-refractivity contribution in [1.29, 1.82) is 0 Å². The summed E-state index contributed by atoms with van der Waals surface area (Å²) in [6, 6.07) is 162. The summed E-state index contributed by atoms with van der Waals surface area (Å²) >= 11 is 0. The summed E-state index contributed by atoms with van der Waals surface area (Å²) in [5, 5.41) is 10.1. The molecule has 0 radical (unpaired) electrons. The Hall–Kier alpha value is -14.2. The van der Waals surface area contributed by atoms with Gasteiger partial charge in [0.1, 0.15) is 0 Å². The summed E-state index contributed by atoms with van der Waals surface area (Å²) in [7, 11) is 0. The molecule has 0 aliphatic heterocycles. The summed E-state index contributed by atoms with van der Waals surface area (Å²) in [6.07, 6.45) is 0. The van der Waals surface area contributed by atoms with Gasteiger partial charge in [-0.15, -0.1) is 0 Å². The van der Waals surface area contributed by atoms with Crippen molar-refractivity contribution in [3.63, 3.8) is 0 Å². The Morgan fingerprint density at radius 1 is 0.0926 bits per heavy atom. The maximum atomic E-state index is 2.34. The van der Waals surface area contributed by atoms with Crippen LogP contribution in [0, 0.1) is 0 Å². The molecule has 0 heterocycles. The molecular weight excluding hydrogens is 1300 g/mol. The first-order chi connectivity index (χ1) is 53.5. The molecule has 0 aromatic heterocycles. The molecule has 2 heteroatoms. The average Bonchev–Trinajstić information content (AvgIpc) is 0.806. The van der Waals surface area contributed by atoms with E-state index in [4.69, 9.17) is 0 Å². The molecule has 108 heavy (non-hydrogen) atoms. The van der Waals surface area contributed by atoms with E-state index in [9.17, 15) is 0 Å². The van der Waals surface area contributed by atoms with Crippen LogP contribution in [0.1, 0.15) is 0 Å². The first-order valence-electron chi connectivity index (χ1n) is 37.1. The van der Waals surface area contributed by atoms with Gasteiger partial charge < -0.3 is 9.80 Å². The smallest absolute Gasteiger partial charge is 0.0462 e. The van der Waals surface area contributed by atoms with Crippen molar-refractivity contribution < 1.29 is 0 Å². The molecular formula is C106H74N2. The lowest BCUT2D eigenvalue weighted by Gasteiger charge is -2.26. The van der Waals surface area contributed by atoms with Crippen LogP contribution in [0.25, 0.3) is 143 Å². The van der Waals surface area contributed by atoms with Gasteiger partial charge in [-0.1, -0.05) is 352 Å². The third kappa shape index (κ3) is 14.1. The molecule has 0 N–H and O–H groups in total. The lowest BCUT2D eigenvalue weighted by atomic mass is 9.98.